The Hall–Kier alpha value is -1.46. The molecule has 0 spiro atoms. The third-order valence-corrected chi connectivity index (χ3v) is 3.04. The molecule has 21 heavy (non-hydrogen) atoms. The summed E-state index contributed by atoms with van der Waals surface area (Å²) in [7, 11) is 1.60. The van der Waals surface area contributed by atoms with Crippen LogP contribution >= 0.6 is 12.4 Å². The van der Waals surface area contributed by atoms with Gasteiger partial charge in [0.1, 0.15) is 11.5 Å². The highest BCUT2D eigenvalue weighted by Gasteiger charge is 2.15. The number of nitrogens with zero attached hydrogens (tertiary/aromatic N) is 1. The van der Waals surface area contributed by atoms with E-state index in [0.717, 1.165) is 18.8 Å². The molecule has 0 aliphatic heterocycles. The first-order valence-electron chi connectivity index (χ1n) is 6.81. The lowest BCUT2D eigenvalue weighted by Crippen LogP contribution is -2.37. The van der Waals surface area contributed by atoms with Crippen molar-refractivity contribution in [1.82, 2.24) is 4.90 Å². The zero-order valence-corrected chi connectivity index (χ0v) is 13.8. The smallest absolute Gasteiger partial charge is 0.345 e. The molecule has 0 radical (unpaired) electrons. The third-order valence-electron chi connectivity index (χ3n) is 3.04. The molecule has 1 rings (SSSR count). The van der Waals surface area contributed by atoms with Gasteiger partial charge in [0.05, 0.1) is 7.11 Å². The van der Waals surface area contributed by atoms with E-state index in [9.17, 15) is 4.79 Å². The zero-order chi connectivity index (χ0) is 15.0. The molecule has 0 aromatic heterocycles. The van der Waals surface area contributed by atoms with Crippen LogP contribution in [0.3, 0.4) is 0 Å². The summed E-state index contributed by atoms with van der Waals surface area (Å²) in [6.45, 7) is 7.49. The first-order valence-corrected chi connectivity index (χ1v) is 6.81. The molecule has 0 saturated carbocycles. The van der Waals surface area contributed by atoms with Crippen molar-refractivity contribution in [3.05, 3.63) is 24.3 Å². The van der Waals surface area contributed by atoms with E-state index in [1.54, 1.807) is 31.4 Å². The van der Waals surface area contributed by atoms with Gasteiger partial charge >= 0.3 is 5.97 Å². The molecule has 0 aliphatic carbocycles. The number of benzene rings is 1. The molecule has 0 aliphatic rings. The fourth-order valence-electron chi connectivity index (χ4n) is 1.85. The van der Waals surface area contributed by atoms with Crippen LogP contribution in [0.2, 0.25) is 0 Å². The molecule has 0 fully saturated rings. The van der Waals surface area contributed by atoms with Crippen molar-refractivity contribution in [3.8, 4) is 11.5 Å². The van der Waals surface area contributed by atoms with Gasteiger partial charge in [-0.1, -0.05) is 13.8 Å². The fourth-order valence-corrected chi connectivity index (χ4v) is 1.85. The monoisotopic (exact) mass is 317 g/mol. The molecular formula is C15H24ClNO4. The number of carbonyl (C=O) groups is 1. The lowest BCUT2D eigenvalue weighted by atomic mass is 10.3. The molecule has 6 heteroatoms. The van der Waals surface area contributed by atoms with Crippen LogP contribution in [0, 0.1) is 0 Å². The maximum atomic E-state index is 11.7. The van der Waals surface area contributed by atoms with Gasteiger partial charge in [0.25, 0.3) is 0 Å². The highest BCUT2D eigenvalue weighted by atomic mass is 35.5. The summed E-state index contributed by atoms with van der Waals surface area (Å²) < 4.78 is 15.7. The van der Waals surface area contributed by atoms with Crippen LogP contribution in [-0.4, -0.2) is 43.9 Å². The van der Waals surface area contributed by atoms with Crippen molar-refractivity contribution < 1.29 is 19.0 Å². The average Bonchev–Trinajstić information content (AvgIpc) is 2.47. The maximum absolute atomic E-state index is 11.7. The van der Waals surface area contributed by atoms with Crippen molar-refractivity contribution >= 4 is 18.4 Å². The quantitative estimate of drug-likeness (QED) is 0.545. The summed E-state index contributed by atoms with van der Waals surface area (Å²) in [5.74, 6) is 0.980. The summed E-state index contributed by atoms with van der Waals surface area (Å²) in [4.78, 5) is 13.7. The molecule has 0 amide bonds. The summed E-state index contributed by atoms with van der Waals surface area (Å²) in [5.41, 5.74) is 0. The van der Waals surface area contributed by atoms with Crippen LogP contribution in [0.5, 0.6) is 11.5 Å². The molecule has 120 valence electrons. The minimum Gasteiger partial charge on any atom is -0.497 e. The number of ether oxygens (including phenoxy) is 3. The first kappa shape index (κ1) is 19.5. The Morgan fingerprint density at radius 2 is 1.67 bits per heavy atom. The minimum atomic E-state index is -0.375. The highest BCUT2D eigenvalue weighted by molar-refractivity contribution is 5.85. The van der Waals surface area contributed by atoms with Gasteiger partial charge in [0.15, 0.2) is 12.8 Å². The number of carbonyl (C=O) groups excluding carboxylic acids is 1. The minimum absolute atomic E-state index is 0. The van der Waals surface area contributed by atoms with E-state index >= 15 is 0 Å². The molecule has 1 unspecified atom stereocenters. The Bertz CT molecular complexity index is 407. The lowest BCUT2D eigenvalue weighted by Gasteiger charge is -2.25. The predicted octanol–water partition coefficient (Wildman–Crippen LogP) is 2.73. The van der Waals surface area contributed by atoms with Crippen LogP contribution < -0.4 is 9.47 Å². The van der Waals surface area contributed by atoms with Gasteiger partial charge in [-0.3, -0.25) is 4.90 Å². The summed E-state index contributed by atoms with van der Waals surface area (Å²) in [6.07, 6.45) is -0.239. The van der Waals surface area contributed by atoms with Crippen molar-refractivity contribution in [2.45, 2.75) is 27.0 Å². The first-order chi connectivity index (χ1) is 9.60. The number of esters is 1. The van der Waals surface area contributed by atoms with E-state index in [2.05, 4.69) is 0 Å². The van der Waals surface area contributed by atoms with E-state index in [0.29, 0.717) is 5.75 Å². The molecule has 0 heterocycles. The third kappa shape index (κ3) is 6.69. The van der Waals surface area contributed by atoms with E-state index in [1.807, 2.05) is 25.7 Å². The number of hydrogen-bond donors (Lipinski definition) is 0. The normalized spacial score (nSPS) is 11.5. The topological polar surface area (TPSA) is 48.0 Å². The van der Waals surface area contributed by atoms with Crippen LogP contribution in [0.1, 0.15) is 20.8 Å². The largest absolute Gasteiger partial charge is 0.497 e. The Balaban J connectivity index is 0.00000400. The van der Waals surface area contributed by atoms with Crippen molar-refractivity contribution in [2.24, 2.45) is 0 Å². The Morgan fingerprint density at radius 3 is 2.14 bits per heavy atom. The van der Waals surface area contributed by atoms with Crippen molar-refractivity contribution in [3.63, 3.8) is 0 Å². The zero-order valence-electron chi connectivity index (χ0n) is 13.0. The van der Waals surface area contributed by atoms with Gasteiger partial charge in [-0.05, 0) is 44.3 Å². The van der Waals surface area contributed by atoms with Gasteiger partial charge in [-0.25, -0.2) is 4.79 Å². The van der Waals surface area contributed by atoms with Crippen molar-refractivity contribution in [1.29, 1.82) is 0 Å². The average molecular weight is 318 g/mol. The molecule has 0 saturated heterocycles. The standard InChI is InChI=1S/C15H23NO4.ClH/c1-5-16(6-2)12(3)20-15(17)11-19-14-9-7-13(18-4)8-10-14;/h7-10,12H,5-6,11H2,1-4H3;1H. The summed E-state index contributed by atoms with van der Waals surface area (Å²) in [5, 5.41) is 0. The molecule has 1 atom stereocenters. The second-order valence-corrected chi connectivity index (χ2v) is 4.27. The predicted molar refractivity (Wildman–Crippen MR) is 84.2 cm³/mol. The number of methoxy groups -OCH3 is 1. The molecule has 0 N–H and O–H groups in total. The van der Waals surface area contributed by atoms with Crippen molar-refractivity contribution in [2.75, 3.05) is 26.8 Å². The Kier molecular flexibility index (Phi) is 9.58. The van der Waals surface area contributed by atoms with Gasteiger partial charge in [-0.15, -0.1) is 12.4 Å². The second kappa shape index (κ2) is 10.3. The van der Waals surface area contributed by atoms with E-state index in [-0.39, 0.29) is 31.2 Å². The van der Waals surface area contributed by atoms with Crippen LogP contribution in [0.4, 0.5) is 0 Å². The molecule has 1 aromatic carbocycles. The van der Waals surface area contributed by atoms with Crippen LogP contribution in [0.25, 0.3) is 0 Å². The number of hydrogen-bond acceptors (Lipinski definition) is 5. The molecule has 5 nitrogen and oxygen atoms in total. The van der Waals surface area contributed by atoms with Crippen LogP contribution in [-0.2, 0) is 9.53 Å². The Labute approximate surface area is 132 Å². The SMILES string of the molecule is CCN(CC)C(C)OC(=O)COc1ccc(OC)cc1.Cl. The summed E-state index contributed by atoms with van der Waals surface area (Å²) >= 11 is 0. The van der Waals surface area contributed by atoms with Gasteiger partial charge in [0.2, 0.25) is 0 Å². The van der Waals surface area contributed by atoms with Gasteiger partial charge in [-0.2, -0.15) is 0 Å². The van der Waals surface area contributed by atoms with Crippen LogP contribution in [0.15, 0.2) is 24.3 Å². The number of rotatable bonds is 8. The number of halogens is 1. The van der Waals surface area contributed by atoms with Gasteiger partial charge < -0.3 is 14.2 Å². The second-order valence-electron chi connectivity index (χ2n) is 4.27. The molecule has 1 aromatic rings. The summed E-state index contributed by atoms with van der Waals surface area (Å²) in [6, 6.07) is 7.05. The van der Waals surface area contributed by atoms with E-state index in [4.69, 9.17) is 14.2 Å². The molecular weight excluding hydrogens is 294 g/mol. The highest BCUT2D eigenvalue weighted by Crippen LogP contribution is 2.16. The van der Waals surface area contributed by atoms with E-state index < -0.39 is 0 Å². The maximum Gasteiger partial charge on any atom is 0.345 e. The lowest BCUT2D eigenvalue weighted by molar-refractivity contribution is -0.159. The fraction of sp³-hybridized carbons (Fsp3) is 0.533. The molecule has 0 bridgehead atoms. The van der Waals surface area contributed by atoms with E-state index in [1.165, 1.54) is 0 Å². The van der Waals surface area contributed by atoms with Gasteiger partial charge in [0, 0.05) is 0 Å². The Morgan fingerprint density at radius 1 is 1.14 bits per heavy atom.